The molecule has 3 rings (SSSR count). The van der Waals surface area contributed by atoms with E-state index in [1.54, 1.807) is 0 Å². The van der Waals surface area contributed by atoms with E-state index in [0.717, 1.165) is 28.8 Å². The SMILES string of the molecule is Cc1cccc(Nc2ncnc(NCCc3ccccc3)c2[N+](=O)[O-])c1C. The van der Waals surface area contributed by atoms with Gasteiger partial charge in [0.1, 0.15) is 6.33 Å². The molecule has 0 fully saturated rings. The summed E-state index contributed by atoms with van der Waals surface area (Å²) in [4.78, 5) is 19.4. The maximum atomic E-state index is 11.7. The van der Waals surface area contributed by atoms with Crippen LogP contribution < -0.4 is 10.6 Å². The molecule has 1 heterocycles. The van der Waals surface area contributed by atoms with Crippen molar-refractivity contribution in [3.8, 4) is 0 Å². The van der Waals surface area contributed by atoms with Crippen LogP contribution in [-0.2, 0) is 6.42 Å². The Balaban J connectivity index is 1.82. The molecule has 27 heavy (non-hydrogen) atoms. The monoisotopic (exact) mass is 363 g/mol. The van der Waals surface area contributed by atoms with E-state index in [1.165, 1.54) is 6.33 Å². The van der Waals surface area contributed by atoms with Gasteiger partial charge in [-0.25, -0.2) is 9.97 Å². The minimum atomic E-state index is -0.460. The summed E-state index contributed by atoms with van der Waals surface area (Å²) >= 11 is 0. The van der Waals surface area contributed by atoms with Crippen molar-refractivity contribution in [3.05, 3.63) is 81.7 Å². The third-order valence-corrected chi connectivity index (χ3v) is 4.41. The molecule has 7 nitrogen and oxygen atoms in total. The van der Waals surface area contributed by atoms with Crippen molar-refractivity contribution in [2.24, 2.45) is 0 Å². The molecule has 0 saturated heterocycles. The zero-order chi connectivity index (χ0) is 19.2. The molecule has 138 valence electrons. The fraction of sp³-hybridized carbons (Fsp3) is 0.200. The van der Waals surface area contributed by atoms with Crippen molar-refractivity contribution >= 4 is 23.0 Å². The number of hydrogen-bond acceptors (Lipinski definition) is 6. The Morgan fingerprint density at radius 3 is 2.48 bits per heavy atom. The third kappa shape index (κ3) is 4.38. The summed E-state index contributed by atoms with van der Waals surface area (Å²) in [5.41, 5.74) is 3.89. The number of nitrogens with one attached hydrogen (secondary N) is 2. The average molecular weight is 363 g/mol. The van der Waals surface area contributed by atoms with Crippen LogP contribution >= 0.6 is 0 Å². The second kappa shape index (κ2) is 8.27. The standard InChI is InChI=1S/C20H21N5O2/c1-14-7-6-10-17(15(14)2)24-20-18(25(26)27)19(22-13-23-20)21-12-11-16-8-4-3-5-9-16/h3-10,13H,11-12H2,1-2H3,(H2,21,22,23,24). The lowest BCUT2D eigenvalue weighted by molar-refractivity contribution is -0.383. The van der Waals surface area contributed by atoms with Crippen molar-refractivity contribution in [1.29, 1.82) is 0 Å². The van der Waals surface area contributed by atoms with Crippen LogP contribution in [-0.4, -0.2) is 21.4 Å². The van der Waals surface area contributed by atoms with Gasteiger partial charge < -0.3 is 10.6 Å². The summed E-state index contributed by atoms with van der Waals surface area (Å²) in [5.74, 6) is 0.379. The van der Waals surface area contributed by atoms with Crippen LogP contribution in [0.1, 0.15) is 16.7 Å². The molecule has 0 atom stereocenters. The Kier molecular flexibility index (Phi) is 5.61. The van der Waals surface area contributed by atoms with Gasteiger partial charge in [0.2, 0.25) is 11.6 Å². The van der Waals surface area contributed by atoms with Crippen molar-refractivity contribution in [2.75, 3.05) is 17.2 Å². The van der Waals surface area contributed by atoms with Gasteiger partial charge in [0.15, 0.2) is 0 Å². The molecule has 0 radical (unpaired) electrons. The van der Waals surface area contributed by atoms with E-state index < -0.39 is 4.92 Å². The second-order valence-corrected chi connectivity index (χ2v) is 6.21. The molecule has 0 amide bonds. The van der Waals surface area contributed by atoms with Crippen LogP contribution in [0.3, 0.4) is 0 Å². The Hall–Kier alpha value is -3.48. The highest BCUT2D eigenvalue weighted by atomic mass is 16.6. The Morgan fingerprint density at radius 1 is 1.00 bits per heavy atom. The second-order valence-electron chi connectivity index (χ2n) is 6.21. The van der Waals surface area contributed by atoms with E-state index >= 15 is 0 Å². The molecule has 0 saturated carbocycles. The molecule has 0 bridgehead atoms. The highest BCUT2D eigenvalue weighted by Crippen LogP contribution is 2.32. The van der Waals surface area contributed by atoms with Crippen LogP contribution in [0.5, 0.6) is 0 Å². The van der Waals surface area contributed by atoms with Crippen LogP contribution in [0.25, 0.3) is 0 Å². The van der Waals surface area contributed by atoms with Crippen LogP contribution in [0.4, 0.5) is 23.0 Å². The van der Waals surface area contributed by atoms with Crippen molar-refractivity contribution < 1.29 is 4.92 Å². The largest absolute Gasteiger partial charge is 0.364 e. The molecule has 0 unspecified atom stereocenters. The first-order chi connectivity index (χ1) is 13.1. The molecular weight excluding hydrogens is 342 g/mol. The average Bonchev–Trinajstić information content (AvgIpc) is 2.66. The number of aryl methyl sites for hydroxylation is 1. The first-order valence-corrected chi connectivity index (χ1v) is 8.66. The van der Waals surface area contributed by atoms with Crippen LogP contribution in [0.15, 0.2) is 54.9 Å². The number of benzene rings is 2. The number of rotatable bonds is 7. The Bertz CT molecular complexity index is 944. The first kappa shape index (κ1) is 18.3. The van der Waals surface area contributed by atoms with Gasteiger partial charge >= 0.3 is 5.69 Å². The van der Waals surface area contributed by atoms with Gasteiger partial charge in [-0.1, -0.05) is 42.5 Å². The predicted octanol–water partition coefficient (Wildman–Crippen LogP) is 4.40. The molecule has 3 aromatic rings. The minimum Gasteiger partial charge on any atom is -0.364 e. The molecule has 2 N–H and O–H groups in total. The topological polar surface area (TPSA) is 93.0 Å². The molecule has 0 aliphatic carbocycles. The van der Waals surface area contributed by atoms with E-state index in [2.05, 4.69) is 20.6 Å². The van der Waals surface area contributed by atoms with Crippen LogP contribution in [0.2, 0.25) is 0 Å². The molecule has 0 aliphatic heterocycles. The van der Waals surface area contributed by atoms with Gasteiger partial charge in [-0.05, 0) is 43.0 Å². The zero-order valence-corrected chi connectivity index (χ0v) is 15.3. The predicted molar refractivity (Wildman–Crippen MR) is 107 cm³/mol. The summed E-state index contributed by atoms with van der Waals surface area (Å²) in [6, 6.07) is 15.7. The van der Waals surface area contributed by atoms with Gasteiger partial charge in [0.05, 0.1) is 4.92 Å². The van der Waals surface area contributed by atoms with Gasteiger partial charge in [-0.3, -0.25) is 10.1 Å². The number of nitrogens with zero attached hydrogens (tertiary/aromatic N) is 3. The van der Waals surface area contributed by atoms with Crippen molar-refractivity contribution in [2.45, 2.75) is 20.3 Å². The summed E-state index contributed by atoms with van der Waals surface area (Å²) in [6.07, 6.45) is 2.06. The fourth-order valence-electron chi connectivity index (χ4n) is 2.76. The highest BCUT2D eigenvalue weighted by Gasteiger charge is 2.23. The smallest absolute Gasteiger partial charge is 0.353 e. The van der Waals surface area contributed by atoms with Gasteiger partial charge in [-0.15, -0.1) is 0 Å². The molecule has 7 heteroatoms. The normalized spacial score (nSPS) is 10.4. The number of nitro groups is 1. The zero-order valence-electron chi connectivity index (χ0n) is 15.3. The van der Waals surface area contributed by atoms with E-state index in [9.17, 15) is 10.1 Å². The maximum Gasteiger partial charge on any atom is 0.353 e. The van der Waals surface area contributed by atoms with Crippen molar-refractivity contribution in [1.82, 2.24) is 9.97 Å². The third-order valence-electron chi connectivity index (χ3n) is 4.41. The Morgan fingerprint density at radius 2 is 1.74 bits per heavy atom. The lowest BCUT2D eigenvalue weighted by Gasteiger charge is -2.12. The lowest BCUT2D eigenvalue weighted by atomic mass is 10.1. The van der Waals surface area contributed by atoms with E-state index in [1.807, 2.05) is 62.4 Å². The number of anilines is 3. The molecule has 0 aliphatic rings. The van der Waals surface area contributed by atoms with Crippen LogP contribution in [0, 0.1) is 24.0 Å². The van der Waals surface area contributed by atoms with Gasteiger partial charge in [0.25, 0.3) is 0 Å². The molecule has 2 aromatic carbocycles. The van der Waals surface area contributed by atoms with E-state index in [0.29, 0.717) is 6.54 Å². The quantitative estimate of drug-likeness (QED) is 0.477. The summed E-state index contributed by atoms with van der Waals surface area (Å²) < 4.78 is 0. The van der Waals surface area contributed by atoms with Crippen molar-refractivity contribution in [3.63, 3.8) is 0 Å². The first-order valence-electron chi connectivity index (χ1n) is 8.66. The van der Waals surface area contributed by atoms with E-state index in [-0.39, 0.29) is 17.3 Å². The lowest BCUT2D eigenvalue weighted by Crippen LogP contribution is -2.11. The maximum absolute atomic E-state index is 11.7. The van der Waals surface area contributed by atoms with Gasteiger partial charge in [0, 0.05) is 12.2 Å². The Labute approximate surface area is 157 Å². The highest BCUT2D eigenvalue weighted by molar-refractivity contribution is 5.75. The number of aromatic nitrogens is 2. The number of hydrogen-bond donors (Lipinski definition) is 2. The molecular formula is C20H21N5O2. The molecule has 0 spiro atoms. The fourth-order valence-corrected chi connectivity index (χ4v) is 2.76. The summed E-state index contributed by atoms with van der Waals surface area (Å²) in [7, 11) is 0. The summed E-state index contributed by atoms with van der Waals surface area (Å²) in [5, 5.41) is 17.8. The van der Waals surface area contributed by atoms with Gasteiger partial charge in [-0.2, -0.15) is 0 Å². The summed E-state index contributed by atoms with van der Waals surface area (Å²) in [6.45, 7) is 4.49. The minimum absolute atomic E-state index is 0.161. The van der Waals surface area contributed by atoms with E-state index in [4.69, 9.17) is 0 Å². The molecule has 1 aromatic heterocycles.